The first kappa shape index (κ1) is 10.0. The molecule has 0 aromatic carbocycles. The normalized spacial score (nSPS) is 23.0. The number of rotatable bonds is 3. The van der Waals surface area contributed by atoms with Crippen molar-refractivity contribution >= 4 is 0 Å². The largest absolute Gasteiger partial charge is 0.308 e. The van der Waals surface area contributed by atoms with Crippen molar-refractivity contribution in [3.05, 3.63) is 0 Å². The van der Waals surface area contributed by atoms with Gasteiger partial charge in [-0.25, -0.2) is 0 Å². The first-order valence-corrected chi connectivity index (χ1v) is 5.09. The van der Waals surface area contributed by atoms with Crippen molar-refractivity contribution < 1.29 is 0 Å². The number of likely N-dealkylation sites (N-methyl/N-ethyl adjacent to an activating group) is 1. The summed E-state index contributed by atoms with van der Waals surface area (Å²) in [5, 5.41) is 0. The van der Waals surface area contributed by atoms with Gasteiger partial charge in [0.2, 0.25) is 0 Å². The van der Waals surface area contributed by atoms with Crippen molar-refractivity contribution in [1.29, 1.82) is 0 Å². The van der Waals surface area contributed by atoms with Gasteiger partial charge in [0, 0.05) is 12.6 Å². The average Bonchev–Trinajstić information content (AvgIpc) is 2.05. The lowest BCUT2D eigenvalue weighted by Crippen LogP contribution is -2.42. The fourth-order valence-electron chi connectivity index (χ4n) is 2.00. The zero-order valence-corrected chi connectivity index (χ0v) is 8.71. The monoisotopic (exact) mass is 170 g/mol. The van der Waals surface area contributed by atoms with Gasteiger partial charge in [-0.2, -0.15) is 0 Å². The number of nitrogens with zero attached hydrogens (tertiary/aromatic N) is 2. The van der Waals surface area contributed by atoms with E-state index in [1.165, 1.54) is 38.9 Å². The lowest BCUT2D eigenvalue weighted by atomic mass is 10.1. The van der Waals surface area contributed by atoms with Crippen LogP contribution in [0, 0.1) is 0 Å². The van der Waals surface area contributed by atoms with E-state index >= 15 is 0 Å². The van der Waals surface area contributed by atoms with E-state index in [0.717, 1.165) is 6.04 Å². The van der Waals surface area contributed by atoms with Crippen LogP contribution in [-0.2, 0) is 0 Å². The lowest BCUT2D eigenvalue weighted by Gasteiger charge is -2.33. The Hall–Kier alpha value is -0.0800. The summed E-state index contributed by atoms with van der Waals surface area (Å²) in [5.41, 5.74) is 0. The number of hydrogen-bond donors (Lipinski definition) is 0. The van der Waals surface area contributed by atoms with Crippen LogP contribution >= 0.6 is 0 Å². The molecule has 1 rings (SSSR count). The van der Waals surface area contributed by atoms with E-state index in [-0.39, 0.29) is 0 Å². The second kappa shape index (κ2) is 4.83. The van der Waals surface area contributed by atoms with E-state index in [4.69, 9.17) is 0 Å². The van der Waals surface area contributed by atoms with Gasteiger partial charge in [-0.05, 0) is 47.0 Å². The Balaban J connectivity index is 2.24. The predicted octanol–water partition coefficient (Wildman–Crippen LogP) is 1.42. The molecule has 2 nitrogen and oxygen atoms in total. The van der Waals surface area contributed by atoms with Gasteiger partial charge in [0.25, 0.3) is 0 Å². The molecule has 1 saturated heterocycles. The van der Waals surface area contributed by atoms with Crippen LogP contribution in [0.3, 0.4) is 0 Å². The SMILES string of the molecule is CC(CN(C)C)N1CCCCC1. The van der Waals surface area contributed by atoms with Crippen LogP contribution in [0.2, 0.25) is 0 Å². The van der Waals surface area contributed by atoms with Crippen LogP contribution in [0.15, 0.2) is 0 Å². The molecule has 1 aliphatic rings. The molecular weight excluding hydrogens is 148 g/mol. The minimum atomic E-state index is 0.736. The molecule has 1 unspecified atom stereocenters. The van der Waals surface area contributed by atoms with Crippen LogP contribution in [0.25, 0.3) is 0 Å². The zero-order chi connectivity index (χ0) is 8.97. The summed E-state index contributed by atoms with van der Waals surface area (Å²) in [6.07, 6.45) is 4.24. The Morgan fingerprint density at radius 3 is 2.25 bits per heavy atom. The summed E-state index contributed by atoms with van der Waals surface area (Å²) >= 11 is 0. The maximum atomic E-state index is 2.61. The molecule has 0 bridgehead atoms. The third-order valence-electron chi connectivity index (χ3n) is 2.64. The molecule has 1 atom stereocenters. The summed E-state index contributed by atoms with van der Waals surface area (Å²) in [6.45, 7) is 6.16. The van der Waals surface area contributed by atoms with Gasteiger partial charge in [-0.1, -0.05) is 6.42 Å². The van der Waals surface area contributed by atoms with Gasteiger partial charge in [0.05, 0.1) is 0 Å². The Morgan fingerprint density at radius 1 is 1.17 bits per heavy atom. The van der Waals surface area contributed by atoms with E-state index < -0.39 is 0 Å². The standard InChI is InChI=1S/C10H22N2/c1-10(9-11(2)3)12-7-5-4-6-8-12/h10H,4-9H2,1-3H3. The molecule has 0 saturated carbocycles. The van der Waals surface area contributed by atoms with E-state index in [2.05, 4.69) is 30.8 Å². The summed E-state index contributed by atoms with van der Waals surface area (Å²) in [6, 6.07) is 0.736. The third kappa shape index (κ3) is 3.11. The van der Waals surface area contributed by atoms with E-state index in [9.17, 15) is 0 Å². The second-order valence-electron chi connectivity index (χ2n) is 4.21. The Bertz CT molecular complexity index is 117. The van der Waals surface area contributed by atoms with E-state index in [0.29, 0.717) is 0 Å². The summed E-state index contributed by atoms with van der Waals surface area (Å²) in [4.78, 5) is 4.89. The van der Waals surface area contributed by atoms with Crippen LogP contribution in [0.4, 0.5) is 0 Å². The van der Waals surface area contributed by atoms with Gasteiger partial charge < -0.3 is 4.90 Å². The smallest absolute Gasteiger partial charge is 0.0194 e. The second-order valence-corrected chi connectivity index (χ2v) is 4.21. The van der Waals surface area contributed by atoms with Crippen molar-refractivity contribution in [1.82, 2.24) is 9.80 Å². The van der Waals surface area contributed by atoms with Crippen molar-refractivity contribution in [2.45, 2.75) is 32.2 Å². The molecule has 0 spiro atoms. The van der Waals surface area contributed by atoms with Crippen molar-refractivity contribution in [2.24, 2.45) is 0 Å². The predicted molar refractivity (Wildman–Crippen MR) is 53.4 cm³/mol. The highest BCUT2D eigenvalue weighted by Gasteiger charge is 2.16. The van der Waals surface area contributed by atoms with Gasteiger partial charge in [-0.3, -0.25) is 4.90 Å². The number of piperidine rings is 1. The first-order valence-electron chi connectivity index (χ1n) is 5.09. The van der Waals surface area contributed by atoms with Gasteiger partial charge >= 0.3 is 0 Å². The topological polar surface area (TPSA) is 6.48 Å². The maximum Gasteiger partial charge on any atom is 0.0194 e. The summed E-state index contributed by atoms with van der Waals surface area (Å²) < 4.78 is 0. The Labute approximate surface area is 76.5 Å². The molecule has 1 heterocycles. The van der Waals surface area contributed by atoms with E-state index in [1.54, 1.807) is 0 Å². The van der Waals surface area contributed by atoms with Crippen LogP contribution < -0.4 is 0 Å². The molecule has 0 radical (unpaired) electrons. The highest BCUT2D eigenvalue weighted by Crippen LogP contribution is 2.11. The van der Waals surface area contributed by atoms with Crippen LogP contribution in [0.5, 0.6) is 0 Å². The number of likely N-dealkylation sites (tertiary alicyclic amines) is 1. The molecule has 0 aromatic heterocycles. The lowest BCUT2D eigenvalue weighted by molar-refractivity contribution is 0.147. The quantitative estimate of drug-likeness (QED) is 0.632. The van der Waals surface area contributed by atoms with E-state index in [1.807, 2.05) is 0 Å². The molecule has 72 valence electrons. The summed E-state index contributed by atoms with van der Waals surface area (Å²) in [7, 11) is 4.31. The van der Waals surface area contributed by atoms with Crippen molar-refractivity contribution in [3.63, 3.8) is 0 Å². The molecular formula is C10H22N2. The zero-order valence-electron chi connectivity index (χ0n) is 8.71. The fourth-order valence-corrected chi connectivity index (χ4v) is 2.00. The molecule has 0 aromatic rings. The van der Waals surface area contributed by atoms with Gasteiger partial charge in [0.1, 0.15) is 0 Å². The molecule has 0 amide bonds. The minimum absolute atomic E-state index is 0.736. The molecule has 1 fully saturated rings. The Morgan fingerprint density at radius 2 is 1.75 bits per heavy atom. The Kier molecular flexibility index (Phi) is 4.02. The van der Waals surface area contributed by atoms with Gasteiger partial charge in [0.15, 0.2) is 0 Å². The van der Waals surface area contributed by atoms with Gasteiger partial charge in [-0.15, -0.1) is 0 Å². The molecule has 0 aliphatic carbocycles. The molecule has 1 aliphatic heterocycles. The maximum absolute atomic E-state index is 2.61. The first-order chi connectivity index (χ1) is 5.70. The molecule has 0 N–H and O–H groups in total. The average molecular weight is 170 g/mol. The van der Waals surface area contributed by atoms with Crippen molar-refractivity contribution in [2.75, 3.05) is 33.7 Å². The molecule has 12 heavy (non-hydrogen) atoms. The molecule has 2 heteroatoms. The summed E-state index contributed by atoms with van der Waals surface area (Å²) in [5.74, 6) is 0. The highest BCUT2D eigenvalue weighted by molar-refractivity contribution is 4.72. The number of hydrogen-bond acceptors (Lipinski definition) is 2. The third-order valence-corrected chi connectivity index (χ3v) is 2.64. The van der Waals surface area contributed by atoms with Crippen LogP contribution in [-0.4, -0.2) is 49.6 Å². The van der Waals surface area contributed by atoms with Crippen molar-refractivity contribution in [3.8, 4) is 0 Å². The van der Waals surface area contributed by atoms with Crippen LogP contribution in [0.1, 0.15) is 26.2 Å². The fraction of sp³-hybridized carbons (Fsp3) is 1.00. The highest BCUT2D eigenvalue weighted by atomic mass is 15.2. The minimum Gasteiger partial charge on any atom is -0.308 e.